The van der Waals surface area contributed by atoms with Crippen LogP contribution in [0.4, 0.5) is 0 Å². The molecule has 0 amide bonds. The zero-order valence-corrected chi connectivity index (χ0v) is 39.0. The highest BCUT2D eigenvalue weighted by molar-refractivity contribution is 7.00. The Morgan fingerprint density at radius 2 is 0.899 bits per heavy atom. The second-order valence-corrected chi connectivity index (χ2v) is 21.2. The number of nitrogens with zero attached hydrogens (tertiary/aromatic N) is 2. The van der Waals surface area contributed by atoms with Gasteiger partial charge < -0.3 is 9.13 Å². The molecule has 2 aromatic heterocycles. The van der Waals surface area contributed by atoms with Gasteiger partial charge in [-0.2, -0.15) is 0 Å². The first-order chi connectivity index (χ1) is 33.8. The van der Waals surface area contributed by atoms with E-state index in [1.807, 2.05) is 0 Å². The second-order valence-electron chi connectivity index (χ2n) is 21.2. The summed E-state index contributed by atoms with van der Waals surface area (Å²) in [6.07, 6.45) is 0. The fraction of sp³-hybridized carbons (Fsp3) is 0.0909. The van der Waals surface area contributed by atoms with E-state index in [1.165, 1.54) is 149 Å². The van der Waals surface area contributed by atoms with E-state index in [1.54, 1.807) is 0 Å². The van der Waals surface area contributed by atoms with Gasteiger partial charge in [-0.25, -0.2) is 0 Å². The highest BCUT2D eigenvalue weighted by Gasteiger charge is 2.45. The fourth-order valence-corrected chi connectivity index (χ4v) is 14.0. The number of benzene rings is 10. The molecule has 0 fully saturated rings. The van der Waals surface area contributed by atoms with Crippen LogP contribution in [0.2, 0.25) is 0 Å². The molecule has 0 saturated heterocycles. The van der Waals surface area contributed by atoms with Gasteiger partial charge in [0.2, 0.25) is 0 Å². The van der Waals surface area contributed by atoms with Crippen LogP contribution in [-0.4, -0.2) is 15.8 Å². The molecule has 4 aliphatic rings. The van der Waals surface area contributed by atoms with Gasteiger partial charge in [-0.15, -0.1) is 0 Å². The van der Waals surface area contributed by atoms with Crippen molar-refractivity contribution in [2.45, 2.75) is 38.5 Å². The lowest BCUT2D eigenvalue weighted by Gasteiger charge is -2.34. The molecule has 0 N–H and O–H groups in total. The maximum atomic E-state index is 2.70. The maximum Gasteiger partial charge on any atom is 0.252 e. The monoisotopic (exact) mass is 876 g/mol. The van der Waals surface area contributed by atoms with Crippen molar-refractivity contribution < 1.29 is 0 Å². The van der Waals surface area contributed by atoms with Crippen LogP contribution in [0.3, 0.4) is 0 Å². The smallest absolute Gasteiger partial charge is 0.252 e. The second kappa shape index (κ2) is 12.9. The summed E-state index contributed by atoms with van der Waals surface area (Å²) in [7, 11) is 0. The summed E-state index contributed by atoms with van der Waals surface area (Å²) >= 11 is 0. The Kier molecular flexibility index (Phi) is 7.08. The average molecular weight is 877 g/mol. The van der Waals surface area contributed by atoms with Crippen LogP contribution < -0.4 is 16.4 Å². The van der Waals surface area contributed by atoms with E-state index in [0.29, 0.717) is 0 Å². The minimum absolute atomic E-state index is 0.00323. The minimum Gasteiger partial charge on any atom is -0.310 e. The van der Waals surface area contributed by atoms with Crippen LogP contribution >= 0.6 is 0 Å². The molecule has 2 nitrogen and oxygen atoms in total. The lowest BCUT2D eigenvalue weighted by Crippen LogP contribution is -2.59. The van der Waals surface area contributed by atoms with Gasteiger partial charge in [0, 0.05) is 54.8 Å². The van der Waals surface area contributed by atoms with Crippen molar-refractivity contribution in [2.24, 2.45) is 0 Å². The lowest BCUT2D eigenvalue weighted by atomic mass is 9.34. The van der Waals surface area contributed by atoms with E-state index in [-0.39, 0.29) is 17.5 Å². The number of para-hydroxylation sites is 1. The Labute approximate surface area is 401 Å². The molecule has 69 heavy (non-hydrogen) atoms. The molecule has 4 heterocycles. The highest BCUT2D eigenvalue weighted by Crippen LogP contribution is 2.57. The normalized spacial score (nSPS) is 14.9. The SMILES string of the molecule is CC1(C)c2ccccc2-c2cc3c4cccc5c4n(c3cc21)-c1cc(-c2ccccc2)cc2c1B5c1cc(-c3ccccc3)cc3c4c(-c5ccccc5)c5c(cc4n-2c13)C(C)(C)c1ccccc1-5. The number of hydrogen-bond donors (Lipinski definition) is 0. The largest absolute Gasteiger partial charge is 0.310 e. The van der Waals surface area contributed by atoms with E-state index >= 15 is 0 Å². The molecule has 322 valence electrons. The quantitative estimate of drug-likeness (QED) is 0.157. The van der Waals surface area contributed by atoms with Crippen LogP contribution in [0, 0.1) is 0 Å². The Morgan fingerprint density at radius 3 is 1.59 bits per heavy atom. The summed E-state index contributed by atoms with van der Waals surface area (Å²) in [5.74, 6) is 0. The van der Waals surface area contributed by atoms with E-state index in [4.69, 9.17) is 0 Å². The summed E-state index contributed by atoms with van der Waals surface area (Å²) in [5, 5.41) is 5.25. The molecule has 2 aliphatic carbocycles. The zero-order valence-electron chi connectivity index (χ0n) is 39.0. The summed E-state index contributed by atoms with van der Waals surface area (Å²) in [5.41, 5.74) is 30.0. The van der Waals surface area contributed by atoms with Gasteiger partial charge in [-0.1, -0.05) is 191 Å². The van der Waals surface area contributed by atoms with E-state index in [9.17, 15) is 0 Å². The molecule has 0 saturated carbocycles. The average Bonchev–Trinajstić information content (AvgIpc) is 4.05. The molecule has 0 atom stereocenters. The van der Waals surface area contributed by atoms with Gasteiger partial charge in [-0.3, -0.25) is 0 Å². The van der Waals surface area contributed by atoms with Crippen LogP contribution in [0.5, 0.6) is 0 Å². The molecule has 0 bridgehead atoms. The molecule has 10 aromatic carbocycles. The fourth-order valence-electron chi connectivity index (χ4n) is 14.0. The third-order valence-corrected chi connectivity index (χ3v) is 17.1. The van der Waals surface area contributed by atoms with Gasteiger partial charge >= 0.3 is 0 Å². The van der Waals surface area contributed by atoms with Crippen molar-refractivity contribution in [3.63, 3.8) is 0 Å². The van der Waals surface area contributed by atoms with Crippen molar-refractivity contribution in [1.29, 1.82) is 0 Å². The van der Waals surface area contributed by atoms with Crippen LogP contribution in [0.15, 0.2) is 200 Å². The molecular weight excluding hydrogens is 832 g/mol. The summed E-state index contributed by atoms with van der Waals surface area (Å²) in [6, 6.07) is 76.6. The lowest BCUT2D eigenvalue weighted by molar-refractivity contribution is 0.661. The number of hydrogen-bond acceptors (Lipinski definition) is 0. The molecule has 0 unspecified atom stereocenters. The maximum absolute atomic E-state index is 2.70. The van der Waals surface area contributed by atoms with Gasteiger partial charge in [0.05, 0.1) is 11.0 Å². The Bertz CT molecular complexity index is 4280. The van der Waals surface area contributed by atoms with Crippen LogP contribution in [0.25, 0.3) is 111 Å². The summed E-state index contributed by atoms with van der Waals surface area (Å²) in [4.78, 5) is 0. The standard InChI is InChI=1S/C66H45BN2/c1-65(2)49-28-16-14-25-43(49)46-35-47-44-27-18-30-53-63(44)68(55(47)36-51(46)65)57-33-42(39-21-10-6-11-22-39)34-58-62(57)67(53)54-32-41(38-19-8-5-9-20-38)31-48-61-56(69(58)64(48)54)37-52-60(59(61)40-23-12-7-13-24-40)45-26-15-17-29-50(45)66(52,3)4/h5-37H,1-4H3. The Hall–Kier alpha value is -8.14. The first-order valence-corrected chi connectivity index (χ1v) is 24.6. The first kappa shape index (κ1) is 37.9. The van der Waals surface area contributed by atoms with E-state index in [0.717, 1.165) is 0 Å². The van der Waals surface area contributed by atoms with Crippen LogP contribution in [-0.2, 0) is 10.8 Å². The number of aromatic nitrogens is 2. The van der Waals surface area contributed by atoms with Crippen LogP contribution in [0.1, 0.15) is 49.9 Å². The van der Waals surface area contributed by atoms with E-state index < -0.39 is 0 Å². The summed E-state index contributed by atoms with van der Waals surface area (Å²) < 4.78 is 5.37. The van der Waals surface area contributed by atoms with Gasteiger partial charge in [0.1, 0.15) is 0 Å². The number of fused-ring (bicyclic) bond motifs is 16. The van der Waals surface area contributed by atoms with Gasteiger partial charge in [0.15, 0.2) is 0 Å². The topological polar surface area (TPSA) is 9.86 Å². The zero-order chi connectivity index (χ0) is 45.7. The van der Waals surface area contributed by atoms with Crippen molar-refractivity contribution in [3.8, 4) is 67.0 Å². The van der Waals surface area contributed by atoms with E-state index in [2.05, 4.69) is 237 Å². The minimum atomic E-state index is -0.205. The predicted molar refractivity (Wildman–Crippen MR) is 291 cm³/mol. The summed E-state index contributed by atoms with van der Waals surface area (Å²) in [6.45, 7) is 9.67. The molecular formula is C66H45BN2. The predicted octanol–water partition coefficient (Wildman–Crippen LogP) is 14.6. The molecule has 0 spiro atoms. The van der Waals surface area contributed by atoms with Crippen molar-refractivity contribution in [1.82, 2.24) is 9.13 Å². The third kappa shape index (κ3) is 4.64. The molecule has 0 radical (unpaired) electrons. The highest BCUT2D eigenvalue weighted by atomic mass is 15.0. The molecule has 3 heteroatoms. The number of rotatable bonds is 3. The van der Waals surface area contributed by atoms with Crippen molar-refractivity contribution in [2.75, 3.05) is 0 Å². The van der Waals surface area contributed by atoms with Crippen molar-refractivity contribution >= 4 is 66.7 Å². The third-order valence-electron chi connectivity index (χ3n) is 17.1. The van der Waals surface area contributed by atoms with Crippen molar-refractivity contribution in [3.05, 3.63) is 222 Å². The van der Waals surface area contributed by atoms with Gasteiger partial charge in [0.25, 0.3) is 6.71 Å². The Balaban J connectivity index is 1.12. The van der Waals surface area contributed by atoms with Gasteiger partial charge in [-0.05, 0) is 131 Å². The first-order valence-electron chi connectivity index (χ1n) is 24.6. The molecule has 16 rings (SSSR count). The molecule has 2 aliphatic heterocycles. The Morgan fingerprint density at radius 1 is 0.348 bits per heavy atom. The molecule has 12 aromatic rings.